The minimum atomic E-state index is -2.73. The van der Waals surface area contributed by atoms with Crippen molar-refractivity contribution in [3.8, 4) is 0 Å². The molecule has 0 N–H and O–H groups in total. The lowest BCUT2D eigenvalue weighted by Crippen LogP contribution is -2.13. The molecule has 0 nitrogen and oxygen atoms in total. The molecule has 0 spiro atoms. The number of halogens is 2. The van der Waals surface area contributed by atoms with Gasteiger partial charge < -0.3 is 0 Å². The van der Waals surface area contributed by atoms with Crippen molar-refractivity contribution in [2.45, 2.75) is 25.7 Å². The summed E-state index contributed by atoms with van der Waals surface area (Å²) in [6.07, 6.45) is 0.386. The first-order valence-electron chi connectivity index (χ1n) is 5.51. The average Bonchev–Trinajstić information content (AvgIpc) is 2.28. The summed E-state index contributed by atoms with van der Waals surface area (Å²) in [7, 11) is 0. The van der Waals surface area contributed by atoms with Gasteiger partial charge in [0.15, 0.2) is 0 Å². The van der Waals surface area contributed by atoms with E-state index in [1.807, 2.05) is 18.2 Å². The maximum Gasteiger partial charge on any atom is 0.273 e. The number of fused-ring (bicyclic) bond motifs is 1. The molecule has 0 heterocycles. The molecule has 2 aromatic carbocycles. The van der Waals surface area contributed by atoms with Gasteiger partial charge in [0.05, 0.1) is 0 Å². The molecule has 0 radical (unpaired) electrons. The van der Waals surface area contributed by atoms with E-state index in [2.05, 4.69) is 0 Å². The van der Waals surface area contributed by atoms with Crippen molar-refractivity contribution in [3.63, 3.8) is 0 Å². The molecule has 0 saturated carbocycles. The van der Waals surface area contributed by atoms with Crippen molar-refractivity contribution in [1.29, 1.82) is 0 Å². The van der Waals surface area contributed by atoms with Crippen LogP contribution in [-0.2, 0) is 5.92 Å². The fourth-order valence-electron chi connectivity index (χ4n) is 1.99. The first-order chi connectivity index (χ1) is 7.65. The van der Waals surface area contributed by atoms with Crippen LogP contribution in [0.5, 0.6) is 0 Å². The van der Waals surface area contributed by atoms with E-state index in [4.69, 9.17) is 0 Å². The van der Waals surface area contributed by atoms with Crippen molar-refractivity contribution in [3.05, 3.63) is 48.0 Å². The lowest BCUT2D eigenvalue weighted by atomic mass is 9.97. The van der Waals surface area contributed by atoms with Crippen molar-refractivity contribution in [1.82, 2.24) is 0 Å². The highest BCUT2D eigenvalue weighted by molar-refractivity contribution is 5.86. The van der Waals surface area contributed by atoms with Gasteiger partial charge in [-0.2, -0.15) is 0 Å². The van der Waals surface area contributed by atoms with Crippen LogP contribution < -0.4 is 0 Å². The van der Waals surface area contributed by atoms with E-state index in [9.17, 15) is 8.78 Å². The van der Waals surface area contributed by atoms with Crippen LogP contribution in [0.25, 0.3) is 10.8 Å². The molecule has 2 rings (SSSR count). The minimum Gasteiger partial charge on any atom is -0.201 e. The van der Waals surface area contributed by atoms with E-state index < -0.39 is 5.92 Å². The zero-order valence-electron chi connectivity index (χ0n) is 9.21. The summed E-state index contributed by atoms with van der Waals surface area (Å²) < 4.78 is 27.8. The molecule has 16 heavy (non-hydrogen) atoms. The predicted molar refractivity (Wildman–Crippen MR) is 62.8 cm³/mol. The topological polar surface area (TPSA) is 0 Å². The van der Waals surface area contributed by atoms with E-state index in [0.717, 1.165) is 5.39 Å². The Morgan fingerprint density at radius 1 is 1.00 bits per heavy atom. The molecule has 0 amide bonds. The molecule has 0 fully saturated rings. The lowest BCUT2D eigenvalue weighted by Gasteiger charge is -2.17. The quantitative estimate of drug-likeness (QED) is 0.701. The van der Waals surface area contributed by atoms with Crippen LogP contribution in [0.1, 0.15) is 25.3 Å². The van der Waals surface area contributed by atoms with Crippen molar-refractivity contribution >= 4 is 10.8 Å². The third kappa shape index (κ3) is 1.92. The van der Waals surface area contributed by atoms with Gasteiger partial charge in [0.25, 0.3) is 5.92 Å². The van der Waals surface area contributed by atoms with Gasteiger partial charge >= 0.3 is 0 Å². The van der Waals surface area contributed by atoms with Gasteiger partial charge in [-0.1, -0.05) is 55.8 Å². The van der Waals surface area contributed by atoms with Gasteiger partial charge in [-0.3, -0.25) is 0 Å². The highest BCUT2D eigenvalue weighted by Gasteiger charge is 2.31. The Hall–Kier alpha value is -1.44. The first kappa shape index (κ1) is 11.1. The van der Waals surface area contributed by atoms with E-state index >= 15 is 0 Å². The molecule has 0 saturated heterocycles. The van der Waals surface area contributed by atoms with Gasteiger partial charge in [-0.05, 0) is 10.8 Å². The van der Waals surface area contributed by atoms with Crippen molar-refractivity contribution in [2.24, 2.45) is 0 Å². The van der Waals surface area contributed by atoms with Gasteiger partial charge in [-0.15, -0.1) is 0 Å². The van der Waals surface area contributed by atoms with E-state index in [-0.39, 0.29) is 12.0 Å². The molecule has 0 atom stereocenters. The molecular formula is C14H14F2. The average molecular weight is 220 g/mol. The van der Waals surface area contributed by atoms with Crippen LogP contribution in [0.15, 0.2) is 42.5 Å². The second kappa shape index (κ2) is 4.20. The zero-order valence-corrected chi connectivity index (χ0v) is 9.21. The van der Waals surface area contributed by atoms with Gasteiger partial charge in [0.2, 0.25) is 0 Å². The first-order valence-corrected chi connectivity index (χ1v) is 5.51. The van der Waals surface area contributed by atoms with E-state index in [0.29, 0.717) is 11.8 Å². The monoisotopic (exact) mass is 220 g/mol. The Morgan fingerprint density at radius 2 is 1.69 bits per heavy atom. The molecule has 2 aromatic rings. The van der Waals surface area contributed by atoms with Gasteiger partial charge in [0.1, 0.15) is 0 Å². The molecule has 0 aromatic heterocycles. The summed E-state index contributed by atoms with van der Waals surface area (Å²) in [6.45, 7) is 1.78. The fraction of sp³-hybridized carbons (Fsp3) is 0.286. The van der Waals surface area contributed by atoms with E-state index in [1.54, 1.807) is 25.1 Å². The summed E-state index contributed by atoms with van der Waals surface area (Å²) in [4.78, 5) is 0. The summed E-state index contributed by atoms with van der Waals surface area (Å²) in [6, 6.07) is 12.4. The number of hydrogen-bond donors (Lipinski definition) is 0. The number of alkyl halides is 2. The molecule has 0 bridgehead atoms. The SMILES string of the molecule is CCCC(F)(F)c1cccc2ccccc12. The van der Waals surface area contributed by atoms with Gasteiger partial charge in [0, 0.05) is 12.0 Å². The Labute approximate surface area is 93.9 Å². The summed E-state index contributed by atoms with van der Waals surface area (Å²) in [5.41, 5.74) is 0.146. The van der Waals surface area contributed by atoms with Crippen LogP contribution in [-0.4, -0.2) is 0 Å². The Kier molecular flexibility index (Phi) is 2.90. The number of benzene rings is 2. The number of rotatable bonds is 3. The van der Waals surface area contributed by atoms with Crippen LogP contribution in [0.4, 0.5) is 8.78 Å². The summed E-state index contributed by atoms with van der Waals surface area (Å²) in [5.74, 6) is -2.73. The van der Waals surface area contributed by atoms with Crippen LogP contribution in [0, 0.1) is 0 Å². The molecule has 0 aliphatic heterocycles. The second-order valence-electron chi connectivity index (χ2n) is 3.98. The highest BCUT2D eigenvalue weighted by Crippen LogP contribution is 2.36. The second-order valence-corrected chi connectivity index (χ2v) is 3.98. The van der Waals surface area contributed by atoms with Crippen LogP contribution in [0.2, 0.25) is 0 Å². The van der Waals surface area contributed by atoms with Gasteiger partial charge in [-0.25, -0.2) is 8.78 Å². The maximum absolute atomic E-state index is 13.9. The van der Waals surface area contributed by atoms with Crippen LogP contribution >= 0.6 is 0 Å². The molecular weight excluding hydrogens is 206 g/mol. The largest absolute Gasteiger partial charge is 0.273 e. The smallest absolute Gasteiger partial charge is 0.201 e. The Bertz CT molecular complexity index is 484. The van der Waals surface area contributed by atoms with E-state index in [1.165, 1.54) is 6.07 Å². The van der Waals surface area contributed by atoms with Crippen molar-refractivity contribution < 1.29 is 8.78 Å². The Balaban J connectivity index is 2.60. The number of hydrogen-bond acceptors (Lipinski definition) is 0. The van der Waals surface area contributed by atoms with Crippen LogP contribution in [0.3, 0.4) is 0 Å². The molecule has 0 aliphatic carbocycles. The third-order valence-corrected chi connectivity index (χ3v) is 2.75. The molecule has 84 valence electrons. The fourth-order valence-corrected chi connectivity index (χ4v) is 1.99. The highest BCUT2D eigenvalue weighted by atomic mass is 19.3. The normalized spacial score (nSPS) is 11.9. The predicted octanol–water partition coefficient (Wildman–Crippen LogP) is 4.73. The molecule has 0 aliphatic rings. The van der Waals surface area contributed by atoms with Crippen molar-refractivity contribution in [2.75, 3.05) is 0 Å². The third-order valence-electron chi connectivity index (χ3n) is 2.75. The lowest BCUT2D eigenvalue weighted by molar-refractivity contribution is -0.0124. The Morgan fingerprint density at radius 3 is 2.44 bits per heavy atom. The molecule has 0 unspecified atom stereocenters. The summed E-state index contributed by atoms with van der Waals surface area (Å²) in [5, 5.41) is 1.53. The standard InChI is InChI=1S/C14H14F2/c1-2-10-14(15,16)13-9-5-7-11-6-3-4-8-12(11)13/h3-9H,2,10H2,1H3. The molecule has 2 heteroatoms. The summed E-state index contributed by atoms with van der Waals surface area (Å²) >= 11 is 0. The minimum absolute atomic E-state index is 0.0962. The zero-order chi connectivity index (χ0) is 11.6. The maximum atomic E-state index is 13.9.